The first kappa shape index (κ1) is 18.3. The average Bonchev–Trinajstić information content (AvgIpc) is 2.60. The van der Waals surface area contributed by atoms with Crippen LogP contribution in [0.15, 0.2) is 36.4 Å². The molecule has 0 unspecified atom stereocenters. The number of nitro groups is 1. The highest BCUT2D eigenvalue weighted by molar-refractivity contribution is 6.32. The van der Waals surface area contributed by atoms with E-state index in [4.69, 9.17) is 21.1 Å². The van der Waals surface area contributed by atoms with Gasteiger partial charge in [-0.25, -0.2) is 0 Å². The fourth-order valence-electron chi connectivity index (χ4n) is 2.05. The van der Waals surface area contributed by atoms with E-state index < -0.39 is 4.92 Å². The molecule has 0 aliphatic heterocycles. The van der Waals surface area contributed by atoms with Crippen LogP contribution in [0.1, 0.15) is 0 Å². The fourth-order valence-corrected chi connectivity index (χ4v) is 2.24. The Morgan fingerprint density at radius 3 is 2.60 bits per heavy atom. The molecular weight excluding hydrogens is 350 g/mol. The van der Waals surface area contributed by atoms with Crippen LogP contribution in [0.25, 0.3) is 0 Å². The van der Waals surface area contributed by atoms with Gasteiger partial charge >= 0.3 is 0 Å². The predicted octanol–water partition coefficient (Wildman–Crippen LogP) is 3.32. The molecule has 0 saturated heterocycles. The third-order valence-electron chi connectivity index (χ3n) is 3.28. The Bertz CT molecular complexity index is 797. The Morgan fingerprint density at radius 2 is 1.96 bits per heavy atom. The minimum Gasteiger partial charge on any atom is -0.497 e. The molecule has 2 aromatic carbocycles. The number of hydrogen-bond donors (Lipinski definition) is 2. The summed E-state index contributed by atoms with van der Waals surface area (Å²) in [6.45, 7) is -0.0981. The van der Waals surface area contributed by atoms with Crippen LogP contribution in [0.4, 0.5) is 17.1 Å². The zero-order chi connectivity index (χ0) is 18.4. The second-order valence-corrected chi connectivity index (χ2v) is 5.30. The Labute approximate surface area is 148 Å². The summed E-state index contributed by atoms with van der Waals surface area (Å²) in [7, 11) is 3.00. The minimum atomic E-state index is -0.589. The van der Waals surface area contributed by atoms with Crippen molar-refractivity contribution in [3.05, 3.63) is 51.5 Å². The molecule has 0 aromatic heterocycles. The van der Waals surface area contributed by atoms with Gasteiger partial charge in [-0.1, -0.05) is 11.6 Å². The molecule has 25 heavy (non-hydrogen) atoms. The largest absolute Gasteiger partial charge is 0.497 e. The van der Waals surface area contributed by atoms with Crippen molar-refractivity contribution in [2.75, 3.05) is 31.4 Å². The topological polar surface area (TPSA) is 103 Å². The summed E-state index contributed by atoms with van der Waals surface area (Å²) < 4.78 is 10.3. The first-order valence-corrected chi connectivity index (χ1v) is 7.52. The van der Waals surface area contributed by atoms with Gasteiger partial charge in [-0.05, 0) is 24.3 Å². The van der Waals surface area contributed by atoms with Gasteiger partial charge in [0.25, 0.3) is 5.69 Å². The molecule has 2 rings (SSSR count). The number of benzene rings is 2. The van der Waals surface area contributed by atoms with Gasteiger partial charge in [-0.2, -0.15) is 0 Å². The van der Waals surface area contributed by atoms with Crippen molar-refractivity contribution >= 4 is 34.6 Å². The second kappa shape index (κ2) is 8.20. The van der Waals surface area contributed by atoms with Crippen molar-refractivity contribution in [2.24, 2.45) is 0 Å². The van der Waals surface area contributed by atoms with Crippen LogP contribution in [-0.2, 0) is 4.79 Å². The lowest BCUT2D eigenvalue weighted by molar-refractivity contribution is -0.384. The molecule has 0 aliphatic rings. The van der Waals surface area contributed by atoms with Gasteiger partial charge < -0.3 is 20.1 Å². The molecule has 0 fully saturated rings. The van der Waals surface area contributed by atoms with Gasteiger partial charge in [0.15, 0.2) is 0 Å². The number of ether oxygens (including phenoxy) is 2. The molecule has 0 atom stereocenters. The van der Waals surface area contributed by atoms with Crippen molar-refractivity contribution in [3.8, 4) is 11.5 Å². The van der Waals surface area contributed by atoms with Crippen molar-refractivity contribution in [1.29, 1.82) is 0 Å². The van der Waals surface area contributed by atoms with Crippen molar-refractivity contribution in [1.82, 2.24) is 0 Å². The lowest BCUT2D eigenvalue weighted by atomic mass is 10.2. The van der Waals surface area contributed by atoms with Crippen LogP contribution >= 0.6 is 11.6 Å². The maximum atomic E-state index is 12.1. The third-order valence-corrected chi connectivity index (χ3v) is 3.60. The summed E-state index contributed by atoms with van der Waals surface area (Å²) in [5.41, 5.74) is 0.626. The maximum absolute atomic E-state index is 12.1. The number of carbonyl (C=O) groups is 1. The fraction of sp³-hybridized carbons (Fsp3) is 0.188. The number of anilines is 2. The second-order valence-electron chi connectivity index (χ2n) is 4.89. The van der Waals surface area contributed by atoms with Gasteiger partial charge in [-0.15, -0.1) is 0 Å². The number of amides is 1. The van der Waals surface area contributed by atoms with E-state index in [9.17, 15) is 14.9 Å². The summed E-state index contributed by atoms with van der Waals surface area (Å²) in [5.74, 6) is 0.692. The molecule has 1 amide bonds. The van der Waals surface area contributed by atoms with E-state index in [0.717, 1.165) is 0 Å². The molecule has 2 aromatic rings. The van der Waals surface area contributed by atoms with Crippen molar-refractivity contribution in [3.63, 3.8) is 0 Å². The maximum Gasteiger partial charge on any atom is 0.289 e. The number of nitro benzene ring substituents is 1. The van der Waals surface area contributed by atoms with E-state index in [0.29, 0.717) is 22.9 Å². The van der Waals surface area contributed by atoms with E-state index in [1.165, 1.54) is 26.4 Å². The Morgan fingerprint density at radius 1 is 1.20 bits per heavy atom. The standard InChI is InChI=1S/C16H16ClN3O5/c1-24-11-4-6-15(25-2)13(8-11)19-16(21)9-18-10-3-5-12(17)14(7-10)20(22)23/h3-8,18H,9H2,1-2H3,(H,19,21). The summed E-state index contributed by atoms with van der Waals surface area (Å²) in [5, 5.41) is 16.4. The highest BCUT2D eigenvalue weighted by Gasteiger charge is 2.14. The predicted molar refractivity (Wildman–Crippen MR) is 94.8 cm³/mol. The van der Waals surface area contributed by atoms with Crippen molar-refractivity contribution in [2.45, 2.75) is 0 Å². The SMILES string of the molecule is COc1ccc(OC)c(NC(=O)CNc2ccc(Cl)c([N+](=O)[O-])c2)c1. The molecule has 2 N–H and O–H groups in total. The van der Waals surface area contributed by atoms with Gasteiger partial charge in [0, 0.05) is 17.8 Å². The molecule has 0 spiro atoms. The highest BCUT2D eigenvalue weighted by Crippen LogP contribution is 2.29. The molecule has 132 valence electrons. The number of methoxy groups -OCH3 is 2. The molecular formula is C16H16ClN3O5. The van der Waals surface area contributed by atoms with E-state index >= 15 is 0 Å². The highest BCUT2D eigenvalue weighted by atomic mass is 35.5. The van der Waals surface area contributed by atoms with Crippen LogP contribution < -0.4 is 20.1 Å². The van der Waals surface area contributed by atoms with E-state index in [1.807, 2.05) is 0 Å². The Hall–Kier alpha value is -3.00. The Kier molecular flexibility index (Phi) is 6.02. The monoisotopic (exact) mass is 365 g/mol. The average molecular weight is 366 g/mol. The molecule has 9 heteroatoms. The molecule has 0 radical (unpaired) electrons. The quantitative estimate of drug-likeness (QED) is 0.576. The van der Waals surface area contributed by atoms with Gasteiger partial charge in [0.2, 0.25) is 5.91 Å². The van der Waals surface area contributed by atoms with E-state index in [1.54, 1.807) is 24.3 Å². The molecule has 0 bridgehead atoms. The molecule has 0 heterocycles. The number of hydrogen-bond acceptors (Lipinski definition) is 6. The lowest BCUT2D eigenvalue weighted by Crippen LogP contribution is -2.22. The number of nitrogens with one attached hydrogen (secondary N) is 2. The first-order chi connectivity index (χ1) is 11.9. The van der Waals surface area contributed by atoms with Crippen LogP contribution in [0.2, 0.25) is 5.02 Å². The smallest absolute Gasteiger partial charge is 0.289 e. The molecule has 8 nitrogen and oxygen atoms in total. The summed E-state index contributed by atoms with van der Waals surface area (Å²) in [4.78, 5) is 22.4. The van der Waals surface area contributed by atoms with Gasteiger partial charge in [0.05, 0.1) is 31.4 Å². The summed E-state index contributed by atoms with van der Waals surface area (Å²) in [6, 6.07) is 9.22. The zero-order valence-electron chi connectivity index (χ0n) is 13.5. The minimum absolute atomic E-state index is 0.0288. The van der Waals surface area contributed by atoms with Crippen molar-refractivity contribution < 1.29 is 19.2 Å². The van der Waals surface area contributed by atoms with E-state index in [-0.39, 0.29) is 23.2 Å². The Balaban J connectivity index is 2.04. The van der Waals surface area contributed by atoms with Crippen LogP contribution in [0.3, 0.4) is 0 Å². The van der Waals surface area contributed by atoms with Gasteiger partial charge in [0.1, 0.15) is 16.5 Å². The third kappa shape index (κ3) is 4.74. The number of carbonyl (C=O) groups excluding carboxylic acids is 1. The normalized spacial score (nSPS) is 10.0. The molecule has 0 aliphatic carbocycles. The van der Waals surface area contributed by atoms with Crippen LogP contribution in [0, 0.1) is 10.1 Å². The molecule has 0 saturated carbocycles. The number of nitrogens with zero attached hydrogens (tertiary/aromatic N) is 1. The number of rotatable bonds is 7. The first-order valence-electron chi connectivity index (χ1n) is 7.14. The van der Waals surface area contributed by atoms with Crippen LogP contribution in [-0.4, -0.2) is 31.6 Å². The van der Waals surface area contributed by atoms with Gasteiger partial charge in [-0.3, -0.25) is 14.9 Å². The number of halogens is 1. The summed E-state index contributed by atoms with van der Waals surface area (Å²) in [6.07, 6.45) is 0. The lowest BCUT2D eigenvalue weighted by Gasteiger charge is -2.12. The van der Waals surface area contributed by atoms with E-state index in [2.05, 4.69) is 10.6 Å². The zero-order valence-corrected chi connectivity index (χ0v) is 14.3. The summed E-state index contributed by atoms with van der Waals surface area (Å²) >= 11 is 5.75. The van der Waals surface area contributed by atoms with Crippen LogP contribution in [0.5, 0.6) is 11.5 Å².